The fraction of sp³-hybridized carbons (Fsp3) is 0.0952. The molecule has 0 saturated carbocycles. The Morgan fingerprint density at radius 1 is 1.10 bits per heavy atom. The average molecular weight is 459 g/mol. The Morgan fingerprint density at radius 2 is 1.90 bits per heavy atom. The van der Waals surface area contributed by atoms with Crippen LogP contribution in [0.3, 0.4) is 0 Å². The van der Waals surface area contributed by atoms with E-state index >= 15 is 0 Å². The molecule has 0 spiro atoms. The molecule has 9 heteroatoms. The van der Waals surface area contributed by atoms with Crippen LogP contribution in [0.4, 0.5) is 0 Å². The minimum atomic E-state index is -0.421. The van der Waals surface area contributed by atoms with Crippen molar-refractivity contribution in [3.63, 3.8) is 0 Å². The van der Waals surface area contributed by atoms with Gasteiger partial charge in [-0.1, -0.05) is 65.3 Å². The van der Waals surface area contributed by atoms with Gasteiger partial charge in [0.05, 0.1) is 5.02 Å². The first-order valence-electron chi connectivity index (χ1n) is 8.96. The van der Waals surface area contributed by atoms with Gasteiger partial charge in [-0.2, -0.15) is 0 Å². The lowest BCUT2D eigenvalue weighted by molar-refractivity contribution is 0.0980. The first-order valence-corrected chi connectivity index (χ1v) is 10.7. The predicted octanol–water partition coefficient (Wildman–Crippen LogP) is 5.83. The Labute approximate surface area is 187 Å². The molecule has 0 saturated heterocycles. The van der Waals surface area contributed by atoms with Crippen LogP contribution in [0.25, 0.3) is 11.3 Å². The van der Waals surface area contributed by atoms with E-state index in [0.717, 1.165) is 5.56 Å². The second kappa shape index (κ2) is 8.95. The van der Waals surface area contributed by atoms with E-state index in [2.05, 4.69) is 15.6 Å². The van der Waals surface area contributed by atoms with Gasteiger partial charge in [0.2, 0.25) is 5.16 Å². The third kappa shape index (κ3) is 4.53. The summed E-state index contributed by atoms with van der Waals surface area (Å²) in [4.78, 5) is 12.7. The predicted molar refractivity (Wildman–Crippen MR) is 119 cm³/mol. The molecule has 0 aliphatic heterocycles. The van der Waals surface area contributed by atoms with Crippen LogP contribution in [0.1, 0.15) is 21.9 Å². The second-order valence-electron chi connectivity index (χ2n) is 6.37. The summed E-state index contributed by atoms with van der Waals surface area (Å²) >= 11 is 13.6. The van der Waals surface area contributed by atoms with Crippen molar-refractivity contribution >= 4 is 40.9 Å². The molecule has 4 rings (SSSR count). The van der Waals surface area contributed by atoms with Crippen molar-refractivity contribution in [2.24, 2.45) is 0 Å². The van der Waals surface area contributed by atoms with Crippen molar-refractivity contribution in [3.05, 3.63) is 87.9 Å². The van der Waals surface area contributed by atoms with E-state index in [9.17, 15) is 4.79 Å². The van der Waals surface area contributed by atoms with Gasteiger partial charge >= 0.3 is 5.91 Å². The van der Waals surface area contributed by atoms with Gasteiger partial charge < -0.3 is 4.42 Å². The third-order valence-electron chi connectivity index (χ3n) is 4.25. The third-order valence-corrected chi connectivity index (χ3v) is 5.79. The van der Waals surface area contributed by atoms with Crippen molar-refractivity contribution in [1.82, 2.24) is 14.9 Å². The highest BCUT2D eigenvalue weighted by Crippen LogP contribution is 2.31. The van der Waals surface area contributed by atoms with Crippen molar-refractivity contribution in [2.75, 3.05) is 5.43 Å². The molecule has 0 bridgehead atoms. The number of hydrogen-bond acceptors (Lipinski definition) is 5. The summed E-state index contributed by atoms with van der Waals surface area (Å²) in [5.74, 6) is 1.46. The highest BCUT2D eigenvalue weighted by atomic mass is 35.5. The maximum absolute atomic E-state index is 12.7. The zero-order valence-electron chi connectivity index (χ0n) is 15.8. The summed E-state index contributed by atoms with van der Waals surface area (Å²) in [6.45, 7) is 1.76. The highest BCUT2D eigenvalue weighted by Gasteiger charge is 2.18. The molecule has 0 atom stereocenters. The van der Waals surface area contributed by atoms with Crippen molar-refractivity contribution in [3.8, 4) is 11.3 Å². The molecule has 30 heavy (non-hydrogen) atoms. The minimum absolute atomic E-state index is 0.142. The van der Waals surface area contributed by atoms with Crippen LogP contribution in [0.5, 0.6) is 0 Å². The molecular weight excluding hydrogens is 443 g/mol. The largest absolute Gasteiger partial charge is 0.451 e. The molecule has 1 amide bonds. The molecule has 0 fully saturated rings. The van der Waals surface area contributed by atoms with Crippen LogP contribution in [-0.4, -0.2) is 20.8 Å². The number of halogens is 2. The van der Waals surface area contributed by atoms with Crippen LogP contribution in [-0.2, 0) is 5.75 Å². The number of aromatic nitrogens is 3. The van der Waals surface area contributed by atoms with E-state index in [4.69, 9.17) is 27.6 Å². The monoisotopic (exact) mass is 458 g/mol. The van der Waals surface area contributed by atoms with E-state index in [-0.39, 0.29) is 5.76 Å². The van der Waals surface area contributed by atoms with E-state index in [1.165, 1.54) is 11.8 Å². The molecule has 152 valence electrons. The first kappa shape index (κ1) is 20.5. The van der Waals surface area contributed by atoms with E-state index < -0.39 is 5.91 Å². The van der Waals surface area contributed by atoms with Crippen LogP contribution >= 0.6 is 35.0 Å². The smallest absolute Gasteiger partial charge is 0.305 e. The Morgan fingerprint density at radius 3 is 2.67 bits per heavy atom. The number of rotatable bonds is 6. The summed E-state index contributed by atoms with van der Waals surface area (Å²) in [7, 11) is 0. The zero-order chi connectivity index (χ0) is 21.1. The molecular formula is C21H16Cl2N4O2S. The van der Waals surface area contributed by atoms with Crippen LogP contribution in [0, 0.1) is 6.92 Å². The number of nitrogens with one attached hydrogen (secondary N) is 1. The van der Waals surface area contributed by atoms with Crippen molar-refractivity contribution < 1.29 is 9.21 Å². The topological polar surface area (TPSA) is 73.0 Å². The van der Waals surface area contributed by atoms with Gasteiger partial charge in [-0.15, -0.1) is 10.2 Å². The zero-order valence-corrected chi connectivity index (χ0v) is 18.1. The van der Waals surface area contributed by atoms with Gasteiger partial charge in [0.1, 0.15) is 11.6 Å². The van der Waals surface area contributed by atoms with Crippen molar-refractivity contribution in [1.29, 1.82) is 0 Å². The number of aryl methyl sites for hydroxylation is 1. The molecule has 2 heterocycles. The SMILES string of the molecule is Cc1nnc(SCc2ccccc2)n1NC(=O)c1ccc(-c2ccc(Cl)cc2Cl)o1. The lowest BCUT2D eigenvalue weighted by atomic mass is 10.2. The molecule has 4 aromatic rings. The number of hydrogen-bond donors (Lipinski definition) is 1. The van der Waals surface area contributed by atoms with Gasteiger partial charge in [-0.25, -0.2) is 4.68 Å². The molecule has 0 aliphatic rings. The molecule has 6 nitrogen and oxygen atoms in total. The molecule has 0 aliphatic carbocycles. The molecule has 0 unspecified atom stereocenters. The van der Waals surface area contributed by atoms with Gasteiger partial charge in [-0.3, -0.25) is 10.2 Å². The maximum atomic E-state index is 12.7. The number of nitrogens with zero attached hydrogens (tertiary/aromatic N) is 3. The number of carbonyl (C=O) groups is 1. The standard InChI is InChI=1S/C21H16Cl2N4O2S/c1-13-24-25-21(30-12-14-5-3-2-4-6-14)27(13)26-20(28)19-10-9-18(29-19)16-8-7-15(22)11-17(16)23/h2-11H,12H2,1H3,(H,26,28). The maximum Gasteiger partial charge on any atom is 0.305 e. The minimum Gasteiger partial charge on any atom is -0.451 e. The van der Waals surface area contributed by atoms with Gasteiger partial charge in [-0.05, 0) is 42.8 Å². The summed E-state index contributed by atoms with van der Waals surface area (Å²) in [6.07, 6.45) is 0. The number of benzene rings is 2. The van der Waals surface area contributed by atoms with Gasteiger partial charge in [0.25, 0.3) is 0 Å². The molecule has 2 aromatic heterocycles. The first-order chi connectivity index (χ1) is 14.5. The van der Waals surface area contributed by atoms with Crippen LogP contribution in [0.15, 0.2) is 70.2 Å². The Balaban J connectivity index is 1.49. The number of thioether (sulfide) groups is 1. The van der Waals surface area contributed by atoms with Crippen LogP contribution in [0.2, 0.25) is 10.0 Å². The average Bonchev–Trinajstić information content (AvgIpc) is 3.35. The fourth-order valence-electron chi connectivity index (χ4n) is 2.74. The number of carbonyl (C=O) groups excluding carboxylic acids is 1. The normalized spacial score (nSPS) is 10.9. The summed E-state index contributed by atoms with van der Waals surface area (Å²) in [6, 6.07) is 18.4. The second-order valence-corrected chi connectivity index (χ2v) is 8.15. The summed E-state index contributed by atoms with van der Waals surface area (Å²) in [5.41, 5.74) is 4.59. The van der Waals surface area contributed by atoms with E-state index in [0.29, 0.717) is 38.1 Å². The number of furan rings is 1. The summed E-state index contributed by atoms with van der Waals surface area (Å²) in [5, 5.41) is 9.76. The fourth-order valence-corrected chi connectivity index (χ4v) is 4.13. The molecule has 0 radical (unpaired) electrons. The lowest BCUT2D eigenvalue weighted by Gasteiger charge is -2.09. The quantitative estimate of drug-likeness (QED) is 0.368. The molecule has 2 aromatic carbocycles. The Hall–Kier alpha value is -2.74. The van der Waals surface area contributed by atoms with Gasteiger partial charge in [0.15, 0.2) is 5.76 Å². The van der Waals surface area contributed by atoms with Crippen LogP contribution < -0.4 is 5.43 Å². The summed E-state index contributed by atoms with van der Waals surface area (Å²) < 4.78 is 7.26. The van der Waals surface area contributed by atoms with Gasteiger partial charge in [0, 0.05) is 16.3 Å². The van der Waals surface area contributed by atoms with E-state index in [1.54, 1.807) is 41.9 Å². The molecule has 1 N–H and O–H groups in total. The Kier molecular flexibility index (Phi) is 6.13. The van der Waals surface area contributed by atoms with E-state index in [1.807, 2.05) is 30.3 Å². The van der Waals surface area contributed by atoms with Crippen molar-refractivity contribution in [2.45, 2.75) is 17.8 Å². The lowest BCUT2D eigenvalue weighted by Crippen LogP contribution is -2.24. The Bertz CT molecular complexity index is 1190. The number of amides is 1. The highest BCUT2D eigenvalue weighted by molar-refractivity contribution is 7.98.